The third-order valence-electron chi connectivity index (χ3n) is 1.89. The number of benzene rings is 1. The van der Waals surface area contributed by atoms with E-state index < -0.39 is 0 Å². The molecule has 1 rings (SSSR count). The van der Waals surface area contributed by atoms with Crippen LogP contribution < -0.4 is 9.47 Å². The molecule has 1 aromatic rings. The molecular formula is C12H16O2. The van der Waals surface area contributed by atoms with E-state index in [4.69, 9.17) is 9.47 Å². The van der Waals surface area contributed by atoms with Crippen LogP contribution in [0.25, 0.3) is 0 Å². The molecule has 0 saturated heterocycles. The molecule has 0 N–H and O–H groups in total. The third-order valence-corrected chi connectivity index (χ3v) is 1.89. The minimum atomic E-state index is 0.579. The Kier molecular flexibility index (Phi) is 4.05. The van der Waals surface area contributed by atoms with Gasteiger partial charge in [-0.15, -0.1) is 0 Å². The first-order valence-electron chi connectivity index (χ1n) is 4.66. The van der Waals surface area contributed by atoms with Crippen LogP contribution in [-0.2, 0) is 0 Å². The van der Waals surface area contributed by atoms with Gasteiger partial charge in [0.25, 0.3) is 0 Å². The lowest BCUT2D eigenvalue weighted by atomic mass is 10.2. The molecule has 0 atom stereocenters. The summed E-state index contributed by atoms with van der Waals surface area (Å²) < 4.78 is 10.7. The first kappa shape index (κ1) is 10.6. The van der Waals surface area contributed by atoms with Crippen LogP contribution in [0.5, 0.6) is 11.5 Å². The van der Waals surface area contributed by atoms with Crippen LogP contribution in [-0.4, -0.2) is 13.7 Å². The molecule has 0 fully saturated rings. The first-order valence-corrected chi connectivity index (χ1v) is 4.66. The lowest BCUT2D eigenvalue weighted by molar-refractivity contribution is 0.326. The Labute approximate surface area is 85.2 Å². The van der Waals surface area contributed by atoms with Crippen molar-refractivity contribution < 1.29 is 9.47 Å². The second-order valence-electron chi connectivity index (χ2n) is 3.03. The fourth-order valence-corrected chi connectivity index (χ4v) is 1.13. The van der Waals surface area contributed by atoms with E-state index in [1.807, 2.05) is 44.2 Å². The van der Waals surface area contributed by atoms with Crippen molar-refractivity contribution in [1.82, 2.24) is 0 Å². The van der Waals surface area contributed by atoms with Crippen molar-refractivity contribution in [1.29, 1.82) is 0 Å². The van der Waals surface area contributed by atoms with Crippen LogP contribution in [0.2, 0.25) is 0 Å². The molecule has 0 aliphatic carbocycles. The summed E-state index contributed by atoms with van der Waals surface area (Å²) in [5.74, 6) is 1.57. The van der Waals surface area contributed by atoms with E-state index in [1.165, 1.54) is 5.56 Å². The van der Waals surface area contributed by atoms with Crippen molar-refractivity contribution in [3.8, 4) is 11.5 Å². The largest absolute Gasteiger partial charge is 0.493 e. The Morgan fingerprint density at radius 3 is 2.71 bits per heavy atom. The summed E-state index contributed by atoms with van der Waals surface area (Å²) in [6.45, 7) is 4.57. The molecule has 0 radical (unpaired) electrons. The molecule has 0 aliphatic heterocycles. The highest BCUT2D eigenvalue weighted by Crippen LogP contribution is 2.27. The average molecular weight is 192 g/mol. The molecule has 0 bridgehead atoms. The molecule has 0 spiro atoms. The van der Waals surface area contributed by atoms with E-state index in [-0.39, 0.29) is 0 Å². The highest BCUT2D eigenvalue weighted by Gasteiger charge is 2.02. The van der Waals surface area contributed by atoms with Crippen molar-refractivity contribution in [3.05, 3.63) is 35.9 Å². The van der Waals surface area contributed by atoms with Gasteiger partial charge in [0, 0.05) is 0 Å². The molecule has 2 nitrogen and oxygen atoms in total. The maximum atomic E-state index is 5.51. The van der Waals surface area contributed by atoms with E-state index >= 15 is 0 Å². The Morgan fingerprint density at radius 2 is 2.07 bits per heavy atom. The minimum Gasteiger partial charge on any atom is -0.493 e. The summed E-state index contributed by atoms with van der Waals surface area (Å²) in [4.78, 5) is 0. The zero-order chi connectivity index (χ0) is 10.4. The van der Waals surface area contributed by atoms with Gasteiger partial charge in [-0.1, -0.05) is 18.2 Å². The van der Waals surface area contributed by atoms with Gasteiger partial charge in [0.1, 0.15) is 6.61 Å². The number of hydrogen-bond donors (Lipinski definition) is 0. The van der Waals surface area contributed by atoms with Gasteiger partial charge in [-0.25, -0.2) is 0 Å². The second-order valence-corrected chi connectivity index (χ2v) is 3.03. The summed E-state index contributed by atoms with van der Waals surface area (Å²) in [6, 6.07) is 5.90. The van der Waals surface area contributed by atoms with E-state index in [0.29, 0.717) is 6.61 Å². The highest BCUT2D eigenvalue weighted by molar-refractivity contribution is 5.42. The minimum absolute atomic E-state index is 0.579. The van der Waals surface area contributed by atoms with Gasteiger partial charge in [-0.3, -0.25) is 0 Å². The standard InChI is InChI=1S/C12H16O2/c1-4-5-8-14-11-7-6-10(2)9-12(11)13-3/h4-7,9H,8H2,1-3H3. The topological polar surface area (TPSA) is 18.5 Å². The Bertz CT molecular complexity index is 316. The van der Waals surface area contributed by atoms with Gasteiger partial charge in [0.2, 0.25) is 0 Å². The summed E-state index contributed by atoms with van der Waals surface area (Å²) in [5.41, 5.74) is 1.17. The number of rotatable bonds is 4. The Hall–Kier alpha value is -1.44. The third kappa shape index (κ3) is 2.80. The first-order chi connectivity index (χ1) is 6.77. The maximum Gasteiger partial charge on any atom is 0.161 e. The van der Waals surface area contributed by atoms with Gasteiger partial charge in [-0.2, -0.15) is 0 Å². The highest BCUT2D eigenvalue weighted by atomic mass is 16.5. The molecule has 2 heteroatoms. The van der Waals surface area contributed by atoms with E-state index in [1.54, 1.807) is 7.11 Å². The SMILES string of the molecule is CC=CCOc1ccc(C)cc1OC. The molecule has 0 heterocycles. The van der Waals surface area contributed by atoms with Crippen molar-refractivity contribution in [2.24, 2.45) is 0 Å². The Morgan fingerprint density at radius 1 is 1.29 bits per heavy atom. The normalized spacial score (nSPS) is 10.5. The fraction of sp³-hybridized carbons (Fsp3) is 0.333. The number of allylic oxidation sites excluding steroid dienone is 1. The predicted octanol–water partition coefficient (Wildman–Crippen LogP) is 2.96. The average Bonchev–Trinajstić information content (AvgIpc) is 2.20. The predicted molar refractivity (Wildman–Crippen MR) is 58.0 cm³/mol. The zero-order valence-corrected chi connectivity index (χ0v) is 8.91. The van der Waals surface area contributed by atoms with Crippen molar-refractivity contribution in [2.45, 2.75) is 13.8 Å². The van der Waals surface area contributed by atoms with Crippen molar-refractivity contribution in [2.75, 3.05) is 13.7 Å². The van der Waals surface area contributed by atoms with Crippen LogP contribution >= 0.6 is 0 Å². The number of hydrogen-bond acceptors (Lipinski definition) is 2. The fourth-order valence-electron chi connectivity index (χ4n) is 1.13. The molecule has 1 aromatic carbocycles. The molecule has 76 valence electrons. The monoisotopic (exact) mass is 192 g/mol. The number of aryl methyl sites for hydroxylation is 1. The van der Waals surface area contributed by atoms with Crippen molar-refractivity contribution >= 4 is 0 Å². The molecule has 0 unspecified atom stereocenters. The molecule has 0 aromatic heterocycles. The van der Waals surface area contributed by atoms with Crippen LogP contribution in [0.4, 0.5) is 0 Å². The molecular weight excluding hydrogens is 176 g/mol. The van der Waals surface area contributed by atoms with Gasteiger partial charge in [0.05, 0.1) is 7.11 Å². The summed E-state index contributed by atoms with van der Waals surface area (Å²) in [6.07, 6.45) is 3.92. The van der Waals surface area contributed by atoms with E-state index in [0.717, 1.165) is 11.5 Å². The van der Waals surface area contributed by atoms with Gasteiger partial charge in [-0.05, 0) is 31.5 Å². The zero-order valence-electron chi connectivity index (χ0n) is 8.91. The summed E-state index contributed by atoms with van der Waals surface area (Å²) in [5, 5.41) is 0. The van der Waals surface area contributed by atoms with Crippen LogP contribution in [0.1, 0.15) is 12.5 Å². The second kappa shape index (κ2) is 5.32. The Balaban J connectivity index is 2.74. The summed E-state index contributed by atoms with van der Waals surface area (Å²) >= 11 is 0. The van der Waals surface area contributed by atoms with Gasteiger partial charge < -0.3 is 9.47 Å². The van der Waals surface area contributed by atoms with Crippen LogP contribution in [0.3, 0.4) is 0 Å². The van der Waals surface area contributed by atoms with Crippen LogP contribution in [0, 0.1) is 6.92 Å². The smallest absolute Gasteiger partial charge is 0.161 e. The van der Waals surface area contributed by atoms with E-state index in [2.05, 4.69) is 0 Å². The molecule has 14 heavy (non-hydrogen) atoms. The molecule has 0 amide bonds. The van der Waals surface area contributed by atoms with Gasteiger partial charge in [0.15, 0.2) is 11.5 Å². The van der Waals surface area contributed by atoms with E-state index in [9.17, 15) is 0 Å². The lowest BCUT2D eigenvalue weighted by Crippen LogP contribution is -1.96. The molecule has 0 saturated carbocycles. The van der Waals surface area contributed by atoms with Gasteiger partial charge >= 0.3 is 0 Å². The lowest BCUT2D eigenvalue weighted by Gasteiger charge is -2.09. The van der Waals surface area contributed by atoms with Crippen molar-refractivity contribution in [3.63, 3.8) is 0 Å². The summed E-state index contributed by atoms with van der Waals surface area (Å²) in [7, 11) is 1.65. The molecule has 0 aliphatic rings. The number of methoxy groups -OCH3 is 1. The number of ether oxygens (including phenoxy) is 2. The van der Waals surface area contributed by atoms with Crippen LogP contribution in [0.15, 0.2) is 30.4 Å². The quantitative estimate of drug-likeness (QED) is 0.683. The maximum absolute atomic E-state index is 5.51.